The molecule has 0 saturated carbocycles. The van der Waals surface area contributed by atoms with Crippen molar-refractivity contribution in [2.24, 2.45) is 0 Å². The Bertz CT molecular complexity index is 350. The first-order valence-corrected chi connectivity index (χ1v) is 4.79. The molecule has 0 aromatic rings. The molecular formula is C6H10O10S. The van der Waals surface area contributed by atoms with E-state index >= 15 is 0 Å². The monoisotopic (exact) mass is 274 g/mol. The zero-order valence-electron chi connectivity index (χ0n) is 8.34. The van der Waals surface area contributed by atoms with Crippen LogP contribution >= 0.6 is 0 Å². The van der Waals surface area contributed by atoms with Gasteiger partial charge in [0.05, 0.1) is 0 Å². The Balaban J connectivity index is -0.000000188. The Morgan fingerprint density at radius 1 is 0.882 bits per heavy atom. The average Bonchev–Trinajstić information content (AvgIpc) is 1.96. The predicted molar refractivity (Wildman–Crippen MR) is 51.9 cm³/mol. The number of hydrogen-bond acceptors (Lipinski definition) is 5. The van der Waals surface area contributed by atoms with Gasteiger partial charge in [-0.2, -0.15) is 8.42 Å². The molecule has 0 fully saturated rings. The highest BCUT2D eigenvalue weighted by atomic mass is 32.3. The van der Waals surface area contributed by atoms with E-state index in [0.29, 0.717) is 12.2 Å². The molecule has 0 spiro atoms. The summed E-state index contributed by atoms with van der Waals surface area (Å²) in [6, 6.07) is 0. The third-order valence-electron chi connectivity index (χ3n) is 0.368. The van der Waals surface area contributed by atoms with Gasteiger partial charge in [-0.25, -0.2) is 9.59 Å². The largest absolute Gasteiger partial charge is 0.481 e. The lowest BCUT2D eigenvalue weighted by atomic mass is 10.5. The van der Waals surface area contributed by atoms with Gasteiger partial charge in [0, 0.05) is 19.1 Å². The fraction of sp³-hybridized carbons (Fsp3) is 0.167. The van der Waals surface area contributed by atoms with Crippen LogP contribution < -0.4 is 0 Å². The molecule has 0 saturated heterocycles. The van der Waals surface area contributed by atoms with Crippen LogP contribution in [0.1, 0.15) is 6.92 Å². The van der Waals surface area contributed by atoms with E-state index in [-0.39, 0.29) is 0 Å². The van der Waals surface area contributed by atoms with Crippen LogP contribution in [-0.4, -0.2) is 50.8 Å². The maximum absolute atomic E-state index is 9.55. The first-order valence-electron chi connectivity index (χ1n) is 3.39. The molecule has 17 heavy (non-hydrogen) atoms. The van der Waals surface area contributed by atoms with Gasteiger partial charge in [-0.15, -0.1) is 0 Å². The lowest BCUT2D eigenvalue weighted by molar-refractivity contribution is -0.134. The average molecular weight is 274 g/mol. The zero-order valence-corrected chi connectivity index (χ0v) is 9.16. The summed E-state index contributed by atoms with van der Waals surface area (Å²) in [4.78, 5) is 28.1. The van der Waals surface area contributed by atoms with Gasteiger partial charge in [0.15, 0.2) is 0 Å². The number of carboxylic acid groups (broad SMARTS) is 3. The van der Waals surface area contributed by atoms with Gasteiger partial charge in [0.25, 0.3) is 5.97 Å². The van der Waals surface area contributed by atoms with E-state index in [1.165, 1.54) is 0 Å². The molecule has 0 aliphatic heterocycles. The van der Waals surface area contributed by atoms with Crippen LogP contribution in [0.4, 0.5) is 0 Å². The lowest BCUT2D eigenvalue weighted by Crippen LogP contribution is -1.91. The normalized spacial score (nSPS) is 9.35. The molecule has 0 aliphatic carbocycles. The summed E-state index contributed by atoms with van der Waals surface area (Å²) in [5, 5.41) is 23.0. The summed E-state index contributed by atoms with van der Waals surface area (Å²) in [5.74, 6) is -3.35. The van der Waals surface area contributed by atoms with Crippen molar-refractivity contribution in [3.05, 3.63) is 12.2 Å². The van der Waals surface area contributed by atoms with Crippen molar-refractivity contribution in [2.75, 3.05) is 0 Å². The molecule has 0 unspecified atom stereocenters. The molecule has 5 N–H and O–H groups in total. The van der Waals surface area contributed by atoms with Crippen molar-refractivity contribution in [1.29, 1.82) is 0 Å². The van der Waals surface area contributed by atoms with Crippen molar-refractivity contribution < 1.29 is 47.2 Å². The maximum atomic E-state index is 9.55. The first-order chi connectivity index (χ1) is 7.36. The minimum Gasteiger partial charge on any atom is -0.481 e. The van der Waals surface area contributed by atoms with Crippen LogP contribution in [0.25, 0.3) is 0 Å². The van der Waals surface area contributed by atoms with Crippen LogP contribution in [0.2, 0.25) is 0 Å². The second-order valence-corrected chi connectivity index (χ2v) is 2.87. The summed E-state index contributed by atoms with van der Waals surface area (Å²) in [7, 11) is -4.67. The van der Waals surface area contributed by atoms with E-state index in [9.17, 15) is 9.59 Å². The minimum absolute atomic E-state index is 0.558. The zero-order chi connectivity index (χ0) is 14.6. The lowest BCUT2D eigenvalue weighted by Gasteiger charge is -1.74. The highest BCUT2D eigenvalue weighted by Crippen LogP contribution is 1.70. The minimum atomic E-state index is -4.67. The number of rotatable bonds is 2. The molecule has 0 amide bonds. The van der Waals surface area contributed by atoms with Gasteiger partial charge >= 0.3 is 22.3 Å². The number of aliphatic carboxylic acids is 3. The Morgan fingerprint density at radius 3 is 1.06 bits per heavy atom. The first kappa shape index (κ1) is 20.4. The van der Waals surface area contributed by atoms with E-state index in [2.05, 4.69) is 0 Å². The molecule has 0 rings (SSSR count). The van der Waals surface area contributed by atoms with Crippen LogP contribution in [0, 0.1) is 0 Å². The van der Waals surface area contributed by atoms with Crippen LogP contribution in [0.3, 0.4) is 0 Å². The Kier molecular flexibility index (Phi) is 12.7. The molecule has 0 aromatic heterocycles. The molecule has 0 aromatic carbocycles. The van der Waals surface area contributed by atoms with Gasteiger partial charge in [0.2, 0.25) is 0 Å². The quantitative estimate of drug-likeness (QED) is 0.313. The Labute approximate surface area is 95.4 Å². The number of hydrogen-bond donors (Lipinski definition) is 5. The van der Waals surface area contributed by atoms with Crippen LogP contribution in [-0.2, 0) is 24.8 Å². The number of carbonyl (C=O) groups is 3. The maximum Gasteiger partial charge on any atom is 0.394 e. The van der Waals surface area contributed by atoms with E-state index in [0.717, 1.165) is 6.92 Å². The molecule has 100 valence electrons. The van der Waals surface area contributed by atoms with Gasteiger partial charge in [-0.3, -0.25) is 13.9 Å². The fourth-order valence-electron chi connectivity index (χ4n) is 0.143. The van der Waals surface area contributed by atoms with E-state index in [1.54, 1.807) is 0 Å². The van der Waals surface area contributed by atoms with Crippen molar-refractivity contribution in [3.63, 3.8) is 0 Å². The molecule has 10 nitrogen and oxygen atoms in total. The second-order valence-electron chi connectivity index (χ2n) is 1.98. The molecule has 0 heterocycles. The van der Waals surface area contributed by atoms with Gasteiger partial charge in [-0.05, 0) is 0 Å². The molecule has 11 heteroatoms. The SMILES string of the molecule is CC(=O)O.O=C(O)C=CC(=O)O.O=S(=O)(O)O. The summed E-state index contributed by atoms with van der Waals surface area (Å²) < 4.78 is 31.6. The smallest absolute Gasteiger partial charge is 0.394 e. The van der Waals surface area contributed by atoms with Crippen molar-refractivity contribution in [3.8, 4) is 0 Å². The summed E-state index contributed by atoms with van der Waals surface area (Å²) in [6.45, 7) is 1.08. The summed E-state index contributed by atoms with van der Waals surface area (Å²) in [6.07, 6.45) is 1.12. The van der Waals surface area contributed by atoms with Crippen LogP contribution in [0.5, 0.6) is 0 Å². The highest BCUT2D eigenvalue weighted by Gasteiger charge is 1.88. The van der Waals surface area contributed by atoms with E-state index in [1.807, 2.05) is 0 Å². The van der Waals surface area contributed by atoms with Crippen molar-refractivity contribution >= 4 is 28.3 Å². The topological polar surface area (TPSA) is 186 Å². The number of carboxylic acids is 3. The van der Waals surface area contributed by atoms with Crippen LogP contribution in [0.15, 0.2) is 12.2 Å². The Morgan fingerprint density at radius 2 is 1.00 bits per heavy atom. The van der Waals surface area contributed by atoms with Gasteiger partial charge < -0.3 is 15.3 Å². The van der Waals surface area contributed by atoms with Gasteiger partial charge in [0.1, 0.15) is 0 Å². The highest BCUT2D eigenvalue weighted by molar-refractivity contribution is 7.79. The van der Waals surface area contributed by atoms with E-state index < -0.39 is 28.3 Å². The summed E-state index contributed by atoms with van der Waals surface area (Å²) >= 11 is 0. The molecule has 0 aliphatic rings. The predicted octanol–water partition coefficient (Wildman–Crippen LogP) is -0.850. The van der Waals surface area contributed by atoms with Crippen molar-refractivity contribution in [2.45, 2.75) is 6.92 Å². The Hall–Kier alpha value is -1.98. The van der Waals surface area contributed by atoms with Gasteiger partial charge in [-0.1, -0.05) is 0 Å². The molecular weight excluding hydrogens is 264 g/mol. The molecule has 0 radical (unpaired) electrons. The molecule has 0 atom stereocenters. The summed E-state index contributed by atoms with van der Waals surface area (Å²) in [5.41, 5.74) is 0. The van der Waals surface area contributed by atoms with E-state index in [4.69, 9.17) is 37.6 Å². The standard InChI is InChI=1S/C4H4O4.C2H4O2.H2O4S/c5-3(6)1-2-4(7)8;1-2(3)4;1-5(2,3)4/h1-2H,(H,5,6)(H,7,8);1H3,(H,3,4);(H2,1,2,3,4). The van der Waals surface area contributed by atoms with Crippen molar-refractivity contribution in [1.82, 2.24) is 0 Å². The third-order valence-corrected chi connectivity index (χ3v) is 0.368. The molecule has 0 bridgehead atoms. The fourth-order valence-corrected chi connectivity index (χ4v) is 0.143. The third kappa shape index (κ3) is 222. The second kappa shape index (κ2) is 10.5.